The third-order valence-corrected chi connectivity index (χ3v) is 3.12. The number of imidazole rings is 1. The first-order chi connectivity index (χ1) is 12.3. The van der Waals surface area contributed by atoms with Crippen LogP contribution in [0.3, 0.4) is 0 Å². The monoisotopic (exact) mass is 343 g/mol. The molecule has 0 saturated heterocycles. The molecule has 0 radical (unpaired) electrons. The molecular weight excluding hydrogens is 306 g/mol. The zero-order valence-corrected chi connectivity index (χ0v) is 16.7. The van der Waals surface area contributed by atoms with Crippen LogP contribution in [0.4, 0.5) is 0 Å². The Morgan fingerprint density at radius 2 is 1.28 bits per heavy atom. The van der Waals surface area contributed by atoms with Gasteiger partial charge in [-0.15, -0.1) is 0 Å². The maximum absolute atomic E-state index is 4.06. The summed E-state index contributed by atoms with van der Waals surface area (Å²) in [5, 5.41) is 1.32. The maximum atomic E-state index is 4.06. The zero-order valence-electron chi connectivity index (χ0n) is 16.7. The lowest BCUT2D eigenvalue weighted by Gasteiger charge is -1.86. The first kappa shape index (κ1) is 22.4. The van der Waals surface area contributed by atoms with E-state index in [1.165, 1.54) is 16.5 Å². The molecule has 140 valence electrons. The van der Waals surface area contributed by atoms with E-state index in [0.717, 1.165) is 11.0 Å². The molecule has 0 fully saturated rings. The number of aromatic nitrogens is 3. The molecule has 4 rings (SSSR count). The lowest BCUT2D eigenvalue weighted by atomic mass is 10.2. The molecule has 2 N–H and O–H groups in total. The summed E-state index contributed by atoms with van der Waals surface area (Å²) in [7, 11) is 0. The van der Waals surface area contributed by atoms with Crippen molar-refractivity contribution in [3.8, 4) is 0 Å². The van der Waals surface area contributed by atoms with Crippen LogP contribution in [0.25, 0.3) is 21.9 Å². The van der Waals surface area contributed by atoms with Gasteiger partial charge in [-0.1, -0.05) is 71.9 Å². The van der Waals surface area contributed by atoms with Crippen molar-refractivity contribution in [2.24, 2.45) is 0 Å². The Bertz CT molecular complexity index is 777. The predicted molar refractivity (Wildman–Crippen MR) is 117 cm³/mol. The van der Waals surface area contributed by atoms with E-state index in [2.05, 4.69) is 40.1 Å². The van der Waals surface area contributed by atoms with Gasteiger partial charge in [-0.2, -0.15) is 0 Å². The van der Waals surface area contributed by atoms with E-state index in [1.54, 1.807) is 6.33 Å². The van der Waals surface area contributed by atoms with Crippen molar-refractivity contribution in [1.29, 1.82) is 0 Å². The molecule has 0 saturated carbocycles. The van der Waals surface area contributed by atoms with Gasteiger partial charge in [0.25, 0.3) is 0 Å². The van der Waals surface area contributed by atoms with Gasteiger partial charge in [-0.3, -0.25) is 0 Å². The third-order valence-electron chi connectivity index (χ3n) is 3.12. The molecule has 25 heavy (non-hydrogen) atoms. The van der Waals surface area contributed by atoms with Crippen LogP contribution in [0.15, 0.2) is 61.1 Å². The number of nitrogens with one attached hydrogen (secondary N) is 2. The van der Waals surface area contributed by atoms with E-state index >= 15 is 0 Å². The minimum atomic E-state index is 0. The van der Waals surface area contributed by atoms with Gasteiger partial charge < -0.3 is 9.97 Å². The Morgan fingerprint density at radius 3 is 1.88 bits per heavy atom. The summed E-state index contributed by atoms with van der Waals surface area (Å²) < 4.78 is 0. The van der Waals surface area contributed by atoms with E-state index in [9.17, 15) is 0 Å². The summed E-state index contributed by atoms with van der Waals surface area (Å²) in [6.45, 7) is 14.1. The summed E-state index contributed by atoms with van der Waals surface area (Å²) in [4.78, 5) is 10.3. The quantitative estimate of drug-likeness (QED) is 0.339. The highest BCUT2D eigenvalue weighted by Crippen LogP contribution is 2.15. The number of hydrogen-bond donors (Lipinski definition) is 2. The first-order valence-corrected chi connectivity index (χ1v) is 9.25. The summed E-state index contributed by atoms with van der Waals surface area (Å²) >= 11 is 0. The van der Waals surface area contributed by atoms with Crippen molar-refractivity contribution < 1.29 is 2.85 Å². The topological polar surface area (TPSA) is 44.5 Å². The van der Waals surface area contributed by atoms with E-state index < -0.39 is 0 Å². The Hall–Kier alpha value is -2.55. The lowest BCUT2D eigenvalue weighted by molar-refractivity contribution is 1.34. The summed E-state index contributed by atoms with van der Waals surface area (Å²) in [5.41, 5.74) is 4.66. The molecule has 0 aliphatic rings. The van der Waals surface area contributed by atoms with Crippen LogP contribution in [-0.2, 0) is 0 Å². The van der Waals surface area contributed by atoms with Crippen LogP contribution in [0, 0.1) is 6.92 Å². The highest BCUT2D eigenvalue weighted by Gasteiger charge is 1.94. The van der Waals surface area contributed by atoms with Crippen molar-refractivity contribution in [3.63, 3.8) is 0 Å². The minimum Gasteiger partial charge on any atom is -0.361 e. The summed E-state index contributed by atoms with van der Waals surface area (Å²) in [5.74, 6) is 0. The predicted octanol–water partition coefficient (Wildman–Crippen LogP) is 7.61. The van der Waals surface area contributed by atoms with Crippen LogP contribution in [0.2, 0.25) is 0 Å². The van der Waals surface area contributed by atoms with Crippen molar-refractivity contribution in [1.82, 2.24) is 15.0 Å². The second-order valence-corrected chi connectivity index (χ2v) is 4.44. The van der Waals surface area contributed by atoms with Gasteiger partial charge in [0.2, 0.25) is 0 Å². The average Bonchev–Trinajstić information content (AvgIpc) is 3.34. The molecule has 4 aromatic rings. The molecule has 0 aliphatic carbocycles. The molecule has 3 heteroatoms. The molecule has 2 aromatic carbocycles. The van der Waals surface area contributed by atoms with E-state index in [-0.39, 0.29) is 2.85 Å². The number of benzene rings is 2. The number of rotatable bonds is 0. The van der Waals surface area contributed by atoms with Gasteiger partial charge >= 0.3 is 0 Å². The van der Waals surface area contributed by atoms with Crippen LogP contribution >= 0.6 is 0 Å². The molecule has 0 spiro atoms. The Labute approximate surface area is 155 Å². The van der Waals surface area contributed by atoms with Crippen LogP contribution in [0.1, 0.15) is 50.0 Å². The number of H-pyrrole nitrogens is 2. The summed E-state index contributed by atoms with van der Waals surface area (Å²) in [6, 6.07) is 16.3. The second kappa shape index (κ2) is 13.8. The van der Waals surface area contributed by atoms with Crippen LogP contribution in [0.5, 0.6) is 0 Å². The minimum absolute atomic E-state index is 0. The number of nitrogens with zero attached hydrogens (tertiary/aromatic N) is 1. The van der Waals surface area contributed by atoms with E-state index in [1.807, 2.05) is 78.1 Å². The van der Waals surface area contributed by atoms with Crippen LogP contribution in [-0.4, -0.2) is 15.0 Å². The van der Waals surface area contributed by atoms with E-state index in [0.29, 0.717) is 0 Å². The molecule has 0 aliphatic heterocycles. The second-order valence-electron chi connectivity index (χ2n) is 4.44. The first-order valence-electron chi connectivity index (χ1n) is 9.25. The SMILES string of the molecule is CC.CC.CC.Cc1c[nH]c2ccccc12.[HH].[HH].c1ccc2[nH]cnc2c1. The molecule has 0 amide bonds. The average molecular weight is 344 g/mol. The number of fused-ring (bicyclic) bond motifs is 2. The van der Waals surface area contributed by atoms with E-state index in [4.69, 9.17) is 0 Å². The number of hydrogen-bond acceptors (Lipinski definition) is 1. The normalized spacial score (nSPS) is 8.60. The molecule has 0 bridgehead atoms. The fourth-order valence-electron chi connectivity index (χ4n) is 2.10. The van der Waals surface area contributed by atoms with Gasteiger partial charge in [0.05, 0.1) is 17.4 Å². The number of aryl methyl sites for hydroxylation is 1. The molecule has 2 heterocycles. The standard InChI is InChI=1S/C9H9N.C7H6N2.3C2H6.2H2/c1-7-6-10-9-5-3-2-4-8(7)9;1-2-4-7-6(3-1)8-5-9-7;3*1-2;;/h2-6,10H,1H3;1-5H,(H,8,9);3*1-2H3;2*1H. The van der Waals surface area contributed by atoms with Crippen molar-refractivity contribution in [3.05, 3.63) is 66.6 Å². The molecule has 0 atom stereocenters. The molecule has 3 nitrogen and oxygen atoms in total. The maximum Gasteiger partial charge on any atom is 0.0931 e. The van der Waals surface area contributed by atoms with Crippen LogP contribution < -0.4 is 0 Å². The van der Waals surface area contributed by atoms with Gasteiger partial charge in [-0.25, -0.2) is 4.98 Å². The molecule has 0 unspecified atom stereocenters. The Morgan fingerprint density at radius 1 is 0.720 bits per heavy atom. The molecular formula is C22H37N3. The fourth-order valence-corrected chi connectivity index (χ4v) is 2.10. The zero-order chi connectivity index (χ0) is 19.1. The Kier molecular flexibility index (Phi) is 12.4. The Balaban J connectivity index is -0.000000317. The van der Waals surface area contributed by atoms with Gasteiger partial charge in [0.1, 0.15) is 0 Å². The largest absolute Gasteiger partial charge is 0.361 e. The highest BCUT2D eigenvalue weighted by atomic mass is 14.9. The van der Waals surface area contributed by atoms with Gasteiger partial charge in [0, 0.05) is 20.0 Å². The van der Waals surface area contributed by atoms with Crippen molar-refractivity contribution >= 4 is 21.9 Å². The van der Waals surface area contributed by atoms with Gasteiger partial charge in [0.15, 0.2) is 0 Å². The summed E-state index contributed by atoms with van der Waals surface area (Å²) in [6.07, 6.45) is 3.73. The lowest BCUT2D eigenvalue weighted by Crippen LogP contribution is -1.64. The third kappa shape index (κ3) is 6.84. The highest BCUT2D eigenvalue weighted by molar-refractivity contribution is 5.82. The number of aromatic amines is 2. The van der Waals surface area contributed by atoms with Crippen molar-refractivity contribution in [2.45, 2.75) is 48.5 Å². The molecule has 2 aromatic heterocycles. The van der Waals surface area contributed by atoms with Crippen molar-refractivity contribution in [2.75, 3.05) is 0 Å². The fraction of sp³-hybridized carbons (Fsp3) is 0.318. The smallest absolute Gasteiger partial charge is 0.0931 e. The van der Waals surface area contributed by atoms with Gasteiger partial charge in [-0.05, 0) is 30.7 Å². The number of para-hydroxylation sites is 3.